The van der Waals surface area contributed by atoms with Crippen LogP contribution in [0.25, 0.3) is 0 Å². The van der Waals surface area contributed by atoms with E-state index in [2.05, 4.69) is 0 Å². The van der Waals surface area contributed by atoms with E-state index >= 15 is 0 Å². The highest BCUT2D eigenvalue weighted by Crippen LogP contribution is 2.14. The average Bonchev–Trinajstić information content (AvgIpc) is 2.17. The molecule has 0 fully saturated rings. The normalized spacial score (nSPS) is 12.9. The molecule has 0 radical (unpaired) electrons. The molecule has 0 saturated heterocycles. The second-order valence-corrected chi connectivity index (χ2v) is 3.58. The van der Waals surface area contributed by atoms with Crippen LogP contribution in [0.4, 0.5) is 0 Å². The zero-order chi connectivity index (χ0) is 11.4. The van der Waals surface area contributed by atoms with Gasteiger partial charge >= 0.3 is 7.12 Å². The minimum atomic E-state index is -1.48. The Kier molecular flexibility index (Phi) is 4.29. The van der Waals surface area contributed by atoms with Crippen LogP contribution in [-0.4, -0.2) is 28.4 Å². The summed E-state index contributed by atoms with van der Waals surface area (Å²) in [6.07, 6.45) is -1.04. The highest BCUT2D eigenvalue weighted by molar-refractivity contribution is 6.58. The lowest BCUT2D eigenvalue weighted by molar-refractivity contribution is -0.129. The molecule has 4 nitrogen and oxygen atoms in total. The molecular weight excluding hydrogens is 195 g/mol. The Hall–Kier alpha value is -0.875. The maximum absolute atomic E-state index is 9.57. The molecule has 1 aromatic carbocycles. The van der Waals surface area contributed by atoms with Crippen molar-refractivity contribution in [2.24, 2.45) is 0 Å². The molecule has 82 valence electrons. The molecule has 1 atom stereocenters. The van der Waals surface area contributed by atoms with Crippen molar-refractivity contribution in [3.8, 4) is 0 Å². The largest absolute Gasteiger partial charge is 0.488 e. The average molecular weight is 210 g/mol. The second-order valence-electron chi connectivity index (χ2n) is 3.58. The van der Waals surface area contributed by atoms with E-state index in [1.54, 1.807) is 12.1 Å². The predicted octanol–water partition coefficient (Wildman–Crippen LogP) is -0.218. The Morgan fingerprint density at radius 1 is 1.13 bits per heavy atom. The Labute approximate surface area is 89.3 Å². The van der Waals surface area contributed by atoms with Crippen molar-refractivity contribution < 1.29 is 19.9 Å². The molecule has 0 amide bonds. The van der Waals surface area contributed by atoms with Gasteiger partial charge in [0, 0.05) is 5.56 Å². The van der Waals surface area contributed by atoms with Gasteiger partial charge in [0.15, 0.2) is 6.29 Å². The lowest BCUT2D eigenvalue weighted by atomic mass is 9.80. The second kappa shape index (κ2) is 5.28. The summed E-state index contributed by atoms with van der Waals surface area (Å²) in [4.78, 5) is 0. The van der Waals surface area contributed by atoms with E-state index in [-0.39, 0.29) is 6.10 Å². The summed E-state index contributed by atoms with van der Waals surface area (Å²) < 4.78 is 5.17. The number of rotatable bonds is 4. The van der Waals surface area contributed by atoms with Gasteiger partial charge < -0.3 is 19.9 Å². The molecule has 0 spiro atoms. The third-order valence-corrected chi connectivity index (χ3v) is 1.92. The number of benzene rings is 1. The summed E-state index contributed by atoms with van der Waals surface area (Å²) in [6.45, 7) is 3.66. The zero-order valence-corrected chi connectivity index (χ0v) is 8.79. The predicted molar refractivity (Wildman–Crippen MR) is 57.4 cm³/mol. The van der Waals surface area contributed by atoms with Gasteiger partial charge in [-0.3, -0.25) is 0 Å². The first-order chi connectivity index (χ1) is 7.00. The lowest BCUT2D eigenvalue weighted by Gasteiger charge is -2.15. The van der Waals surface area contributed by atoms with Gasteiger partial charge in [-0.1, -0.05) is 24.3 Å². The molecule has 3 N–H and O–H groups in total. The molecule has 0 heterocycles. The van der Waals surface area contributed by atoms with E-state index in [0.29, 0.717) is 11.0 Å². The highest BCUT2D eigenvalue weighted by Gasteiger charge is 2.13. The quantitative estimate of drug-likeness (QED) is 0.474. The van der Waals surface area contributed by atoms with Crippen LogP contribution in [0.5, 0.6) is 0 Å². The lowest BCUT2D eigenvalue weighted by Crippen LogP contribution is -2.29. The van der Waals surface area contributed by atoms with Crippen molar-refractivity contribution >= 4 is 12.6 Å². The van der Waals surface area contributed by atoms with Gasteiger partial charge in [-0.2, -0.15) is 0 Å². The first-order valence-electron chi connectivity index (χ1n) is 4.80. The number of aliphatic hydroxyl groups is 1. The van der Waals surface area contributed by atoms with Crippen molar-refractivity contribution in [3.05, 3.63) is 29.8 Å². The monoisotopic (exact) mass is 210 g/mol. The molecular formula is C10H15BO4. The third kappa shape index (κ3) is 3.64. The van der Waals surface area contributed by atoms with Gasteiger partial charge in [0.25, 0.3) is 0 Å². The zero-order valence-electron chi connectivity index (χ0n) is 8.79. The summed E-state index contributed by atoms with van der Waals surface area (Å²) >= 11 is 0. The smallest absolute Gasteiger partial charge is 0.423 e. The molecule has 0 aliphatic rings. The van der Waals surface area contributed by atoms with E-state index in [4.69, 9.17) is 14.8 Å². The summed E-state index contributed by atoms with van der Waals surface area (Å²) in [5, 5.41) is 27.3. The molecule has 5 heteroatoms. The molecule has 15 heavy (non-hydrogen) atoms. The Balaban J connectivity index is 2.71. The van der Waals surface area contributed by atoms with Crippen molar-refractivity contribution in [2.75, 3.05) is 0 Å². The number of aliphatic hydroxyl groups excluding tert-OH is 1. The summed E-state index contributed by atoms with van der Waals surface area (Å²) in [5.74, 6) is 0. The van der Waals surface area contributed by atoms with E-state index in [9.17, 15) is 5.11 Å². The first kappa shape index (κ1) is 12.2. The third-order valence-electron chi connectivity index (χ3n) is 1.92. The van der Waals surface area contributed by atoms with Gasteiger partial charge in [-0.15, -0.1) is 0 Å². The van der Waals surface area contributed by atoms with Crippen LogP contribution in [0.2, 0.25) is 0 Å². The van der Waals surface area contributed by atoms with Crippen molar-refractivity contribution in [3.63, 3.8) is 0 Å². The van der Waals surface area contributed by atoms with E-state index in [0.717, 1.165) is 0 Å². The summed E-state index contributed by atoms with van der Waals surface area (Å²) in [6, 6.07) is 6.27. The first-order valence-corrected chi connectivity index (χ1v) is 4.80. The Morgan fingerprint density at radius 3 is 2.07 bits per heavy atom. The Bertz CT molecular complexity index is 297. The van der Waals surface area contributed by atoms with Gasteiger partial charge in [-0.25, -0.2) is 0 Å². The van der Waals surface area contributed by atoms with Gasteiger partial charge in [0.2, 0.25) is 0 Å². The van der Waals surface area contributed by atoms with Crippen LogP contribution in [0, 0.1) is 0 Å². The Morgan fingerprint density at radius 2 is 1.67 bits per heavy atom. The van der Waals surface area contributed by atoms with Crippen molar-refractivity contribution in [1.29, 1.82) is 0 Å². The van der Waals surface area contributed by atoms with E-state index < -0.39 is 13.4 Å². The van der Waals surface area contributed by atoms with Gasteiger partial charge in [-0.05, 0) is 19.3 Å². The van der Waals surface area contributed by atoms with Crippen LogP contribution in [0.15, 0.2) is 24.3 Å². The molecule has 0 aliphatic carbocycles. The molecule has 0 bridgehead atoms. The van der Waals surface area contributed by atoms with Gasteiger partial charge in [0.1, 0.15) is 0 Å². The highest BCUT2D eigenvalue weighted by atomic mass is 16.6. The van der Waals surface area contributed by atoms with Crippen molar-refractivity contribution in [2.45, 2.75) is 26.2 Å². The maximum Gasteiger partial charge on any atom is 0.488 e. The molecule has 1 rings (SSSR count). The van der Waals surface area contributed by atoms with Crippen LogP contribution in [0.3, 0.4) is 0 Å². The SMILES string of the molecule is CC(C)OC(O)c1ccc(B(O)O)cc1. The molecule has 1 aromatic rings. The summed E-state index contributed by atoms with van der Waals surface area (Å²) in [5.41, 5.74) is 0.976. The fraction of sp³-hybridized carbons (Fsp3) is 0.400. The maximum atomic E-state index is 9.57. The molecule has 0 aromatic heterocycles. The molecule has 1 unspecified atom stereocenters. The fourth-order valence-electron chi connectivity index (χ4n) is 1.17. The number of hydrogen-bond acceptors (Lipinski definition) is 4. The van der Waals surface area contributed by atoms with E-state index in [1.165, 1.54) is 12.1 Å². The van der Waals surface area contributed by atoms with Crippen molar-refractivity contribution in [1.82, 2.24) is 0 Å². The minimum Gasteiger partial charge on any atom is -0.423 e. The minimum absolute atomic E-state index is 0.0666. The molecule has 0 saturated carbocycles. The van der Waals surface area contributed by atoms with E-state index in [1.807, 2.05) is 13.8 Å². The number of ether oxygens (including phenoxy) is 1. The van der Waals surface area contributed by atoms with Gasteiger partial charge in [0.05, 0.1) is 6.10 Å². The topological polar surface area (TPSA) is 69.9 Å². The summed E-state index contributed by atoms with van der Waals surface area (Å²) in [7, 11) is -1.48. The standard InChI is InChI=1S/C10H15BO4/c1-7(2)15-10(12)8-3-5-9(6-4-8)11(13)14/h3-7,10,12-14H,1-2H3. The van der Waals surface area contributed by atoms with Crippen LogP contribution < -0.4 is 5.46 Å². The van der Waals surface area contributed by atoms with Crippen LogP contribution in [-0.2, 0) is 4.74 Å². The number of hydrogen-bond donors (Lipinski definition) is 3. The van der Waals surface area contributed by atoms with Crippen LogP contribution in [0.1, 0.15) is 25.7 Å². The van der Waals surface area contributed by atoms with Crippen LogP contribution >= 0.6 is 0 Å². The molecule has 0 aliphatic heterocycles. The fourth-order valence-corrected chi connectivity index (χ4v) is 1.17.